The zero-order valence-electron chi connectivity index (χ0n) is 25.8. The Morgan fingerprint density at radius 1 is 1.09 bits per heavy atom. The molecule has 0 bridgehead atoms. The lowest BCUT2D eigenvalue weighted by Gasteiger charge is -2.39. The summed E-state index contributed by atoms with van der Waals surface area (Å²) >= 11 is 0. The van der Waals surface area contributed by atoms with Crippen LogP contribution in [0.5, 0.6) is 5.88 Å². The Bertz CT molecular complexity index is 1600. The van der Waals surface area contributed by atoms with Crippen LogP contribution >= 0.6 is 0 Å². The normalized spacial score (nSPS) is 16.8. The minimum absolute atomic E-state index is 0.0240. The highest BCUT2D eigenvalue weighted by atomic mass is 32.2. The molecule has 0 unspecified atom stereocenters. The molecule has 2 aliphatic carbocycles. The van der Waals surface area contributed by atoms with Crippen molar-refractivity contribution < 1.29 is 28.2 Å². The van der Waals surface area contributed by atoms with E-state index in [2.05, 4.69) is 20.0 Å². The van der Waals surface area contributed by atoms with E-state index in [0.29, 0.717) is 30.2 Å². The van der Waals surface area contributed by atoms with Crippen LogP contribution in [-0.4, -0.2) is 58.9 Å². The molecule has 11 heteroatoms. The first kappa shape index (κ1) is 31.9. The van der Waals surface area contributed by atoms with E-state index in [-0.39, 0.29) is 28.3 Å². The van der Waals surface area contributed by atoms with Crippen LogP contribution in [0, 0.1) is 19.3 Å². The summed E-state index contributed by atoms with van der Waals surface area (Å²) in [4.78, 5) is 20.2. The predicted molar refractivity (Wildman–Crippen MR) is 168 cm³/mol. The molecule has 10 nitrogen and oxygen atoms in total. The van der Waals surface area contributed by atoms with Crippen LogP contribution in [0.4, 0.5) is 5.95 Å². The molecule has 4 N–H and O–H groups in total. The minimum Gasteiger partial charge on any atom is -0.478 e. The third kappa shape index (κ3) is 7.94. The van der Waals surface area contributed by atoms with Crippen molar-refractivity contribution in [2.75, 3.05) is 11.3 Å². The number of aromatic carboxylic acids is 1. The van der Waals surface area contributed by atoms with Crippen molar-refractivity contribution in [2.45, 2.75) is 95.2 Å². The number of rotatable bonds is 14. The molecule has 5 rings (SSSR count). The number of benzene rings is 2. The second-order valence-corrected chi connectivity index (χ2v) is 14.8. The van der Waals surface area contributed by atoms with Crippen molar-refractivity contribution in [2.24, 2.45) is 5.41 Å². The van der Waals surface area contributed by atoms with Gasteiger partial charge in [0.05, 0.1) is 21.8 Å². The topological polar surface area (TPSA) is 151 Å². The van der Waals surface area contributed by atoms with Gasteiger partial charge in [0, 0.05) is 23.7 Å². The molecular formula is C33H42N4O6S. The summed E-state index contributed by atoms with van der Waals surface area (Å²) in [5.74, 6) is -1.19. The Balaban J connectivity index is 1.40. The molecule has 236 valence electrons. The number of carbonyl (C=O) groups is 1. The van der Waals surface area contributed by atoms with Crippen molar-refractivity contribution >= 4 is 21.9 Å². The summed E-state index contributed by atoms with van der Waals surface area (Å²) in [5.41, 5.74) is 2.93. The van der Waals surface area contributed by atoms with E-state index in [1.807, 2.05) is 45.9 Å². The molecular weight excluding hydrogens is 580 g/mol. The van der Waals surface area contributed by atoms with Gasteiger partial charge in [-0.2, -0.15) is 4.98 Å². The van der Waals surface area contributed by atoms with Crippen LogP contribution in [0.1, 0.15) is 80.3 Å². The summed E-state index contributed by atoms with van der Waals surface area (Å²) in [6, 6.07) is 13.1. The Morgan fingerprint density at radius 2 is 1.77 bits per heavy atom. The highest BCUT2D eigenvalue weighted by Gasteiger charge is 2.53. The van der Waals surface area contributed by atoms with Gasteiger partial charge < -0.3 is 20.3 Å². The molecule has 2 aromatic carbocycles. The van der Waals surface area contributed by atoms with E-state index in [1.54, 1.807) is 6.07 Å². The highest BCUT2D eigenvalue weighted by molar-refractivity contribution is 7.92. The fourth-order valence-electron chi connectivity index (χ4n) is 6.07. The number of aryl methyl sites for hydroxylation is 2. The lowest BCUT2D eigenvalue weighted by molar-refractivity contribution is 0.0653. The lowest BCUT2D eigenvalue weighted by atomic mass is 9.76. The van der Waals surface area contributed by atoms with Crippen LogP contribution in [0.15, 0.2) is 53.4 Å². The maximum absolute atomic E-state index is 13.3. The van der Waals surface area contributed by atoms with Gasteiger partial charge in [0.2, 0.25) is 11.8 Å². The first-order valence-corrected chi connectivity index (χ1v) is 16.6. The Morgan fingerprint density at radius 3 is 2.41 bits per heavy atom. The zero-order valence-corrected chi connectivity index (χ0v) is 26.6. The summed E-state index contributed by atoms with van der Waals surface area (Å²) in [7, 11) is -4.21. The van der Waals surface area contributed by atoms with Crippen LogP contribution in [-0.2, 0) is 10.0 Å². The van der Waals surface area contributed by atoms with Gasteiger partial charge in [-0.3, -0.25) is 0 Å². The molecule has 1 aromatic heterocycles. The first-order valence-electron chi connectivity index (χ1n) is 15.2. The summed E-state index contributed by atoms with van der Waals surface area (Å²) in [6.07, 6.45) is 7.27. The number of sulfonamides is 1. The van der Waals surface area contributed by atoms with Gasteiger partial charge in [-0.1, -0.05) is 24.3 Å². The molecule has 0 saturated heterocycles. The molecule has 0 radical (unpaired) electrons. The second kappa shape index (κ2) is 12.5. The fourth-order valence-corrected chi connectivity index (χ4v) is 7.06. The van der Waals surface area contributed by atoms with Gasteiger partial charge in [-0.05, 0) is 107 Å². The van der Waals surface area contributed by atoms with Crippen LogP contribution < -0.4 is 14.8 Å². The number of carboxylic acid groups (broad SMARTS) is 1. The molecule has 0 amide bonds. The average molecular weight is 623 g/mol. The number of aliphatic hydroxyl groups is 1. The van der Waals surface area contributed by atoms with Gasteiger partial charge in [-0.15, -0.1) is 0 Å². The number of carboxylic acids is 1. The van der Waals surface area contributed by atoms with Crippen molar-refractivity contribution in [1.29, 1.82) is 0 Å². The molecule has 1 heterocycles. The Labute approximate surface area is 259 Å². The number of hydrogen-bond acceptors (Lipinski definition) is 8. The number of ether oxygens (including phenoxy) is 1. The predicted octanol–water partition coefficient (Wildman–Crippen LogP) is 5.48. The quantitative estimate of drug-likeness (QED) is 0.183. The lowest BCUT2D eigenvalue weighted by Crippen LogP contribution is -2.49. The van der Waals surface area contributed by atoms with Crippen molar-refractivity contribution in [3.63, 3.8) is 0 Å². The highest BCUT2D eigenvalue weighted by Crippen LogP contribution is 2.60. The molecule has 1 spiro atoms. The molecule has 44 heavy (non-hydrogen) atoms. The molecule has 3 aromatic rings. The number of nitrogens with one attached hydrogen (secondary N) is 2. The third-order valence-corrected chi connectivity index (χ3v) is 9.94. The van der Waals surface area contributed by atoms with Gasteiger partial charge in [0.1, 0.15) is 6.61 Å². The van der Waals surface area contributed by atoms with E-state index >= 15 is 0 Å². The zero-order chi connectivity index (χ0) is 31.7. The van der Waals surface area contributed by atoms with E-state index in [0.717, 1.165) is 35.6 Å². The van der Waals surface area contributed by atoms with Gasteiger partial charge >= 0.3 is 5.97 Å². The fraction of sp³-hybridized carbons (Fsp3) is 0.485. The summed E-state index contributed by atoms with van der Waals surface area (Å²) in [6.45, 7) is 7.85. The maximum Gasteiger partial charge on any atom is 0.335 e. The van der Waals surface area contributed by atoms with Crippen LogP contribution in [0.25, 0.3) is 11.3 Å². The minimum atomic E-state index is -4.21. The SMILES string of the molecule is Cc1cccc(C)c1-c1cc(OC[C@@H](CCCC(C)(C)O)NC2CC3(CC3)C2)nc(NS(=O)(=O)c2cccc(C(=O)O)c2)n1. The van der Waals surface area contributed by atoms with Gasteiger partial charge in [0.15, 0.2) is 0 Å². The number of hydrogen-bond donors (Lipinski definition) is 4. The molecule has 0 aliphatic heterocycles. The largest absolute Gasteiger partial charge is 0.478 e. The Kier molecular flexibility index (Phi) is 9.02. The standard InChI is InChI=1S/C33H42N4O6S/c1-21-8-5-9-22(2)29(21)27-17-28(36-31(35-27)37-44(41,42)26-12-6-10-23(16-26)30(38)39)43-20-24(11-7-13-32(3,4)40)34-25-18-33(19-25)14-15-33/h5-6,8-10,12,16-17,24-25,34,40H,7,11,13-15,18-20H2,1-4H3,(H,38,39)(H,35,36,37)/t24-/m1/s1. The van der Waals surface area contributed by atoms with E-state index < -0.39 is 21.6 Å². The van der Waals surface area contributed by atoms with Crippen molar-refractivity contribution in [3.05, 3.63) is 65.2 Å². The summed E-state index contributed by atoms with van der Waals surface area (Å²) < 4.78 is 35.3. The average Bonchev–Trinajstić information content (AvgIpc) is 3.71. The van der Waals surface area contributed by atoms with Crippen molar-refractivity contribution in [3.8, 4) is 17.1 Å². The first-order chi connectivity index (χ1) is 20.7. The van der Waals surface area contributed by atoms with Crippen LogP contribution in [0.2, 0.25) is 0 Å². The van der Waals surface area contributed by atoms with E-state index in [9.17, 15) is 23.4 Å². The van der Waals surface area contributed by atoms with E-state index in [1.165, 1.54) is 43.9 Å². The number of anilines is 1. The molecule has 1 atom stereocenters. The molecule has 2 fully saturated rings. The second-order valence-electron chi connectivity index (χ2n) is 13.1. The van der Waals surface area contributed by atoms with E-state index in [4.69, 9.17) is 4.74 Å². The monoisotopic (exact) mass is 622 g/mol. The van der Waals surface area contributed by atoms with Gasteiger partial charge in [0.25, 0.3) is 10.0 Å². The Hall–Kier alpha value is -3.54. The number of aromatic nitrogens is 2. The molecule has 2 saturated carbocycles. The smallest absolute Gasteiger partial charge is 0.335 e. The molecule has 2 aliphatic rings. The maximum atomic E-state index is 13.3. The third-order valence-electron chi connectivity index (χ3n) is 8.62. The summed E-state index contributed by atoms with van der Waals surface area (Å²) in [5, 5.41) is 23.3. The van der Waals surface area contributed by atoms with Gasteiger partial charge in [-0.25, -0.2) is 22.9 Å². The van der Waals surface area contributed by atoms with Crippen LogP contribution in [0.3, 0.4) is 0 Å². The number of nitrogens with zero attached hydrogens (tertiary/aromatic N) is 2. The van der Waals surface area contributed by atoms with Crippen molar-refractivity contribution in [1.82, 2.24) is 15.3 Å².